The zero-order valence-corrected chi connectivity index (χ0v) is 20.9. The van der Waals surface area contributed by atoms with Crippen molar-refractivity contribution in [2.24, 2.45) is 0 Å². The number of pyridine rings is 1. The number of fused-ring (bicyclic) bond motifs is 2. The van der Waals surface area contributed by atoms with Crippen LogP contribution in [0.5, 0.6) is 0 Å². The Labute approximate surface area is 219 Å². The summed E-state index contributed by atoms with van der Waals surface area (Å²) in [4.78, 5) is 54.4. The van der Waals surface area contributed by atoms with E-state index >= 15 is 0 Å². The van der Waals surface area contributed by atoms with Gasteiger partial charge in [0.2, 0.25) is 11.8 Å². The highest BCUT2D eigenvalue weighted by Crippen LogP contribution is 2.31. The summed E-state index contributed by atoms with van der Waals surface area (Å²) in [6, 6.07) is 16.9. The lowest BCUT2D eigenvalue weighted by molar-refractivity contribution is -0.136. The Balaban J connectivity index is 1.16. The molecule has 0 bridgehead atoms. The second-order valence-electron chi connectivity index (χ2n) is 9.84. The maximum atomic E-state index is 13.0. The molecule has 0 aliphatic carbocycles. The van der Waals surface area contributed by atoms with Gasteiger partial charge in [0.05, 0.1) is 28.6 Å². The van der Waals surface area contributed by atoms with Crippen LogP contribution in [-0.2, 0) is 29.2 Å². The molecule has 4 heterocycles. The first-order valence-electron chi connectivity index (χ1n) is 12.6. The van der Waals surface area contributed by atoms with Gasteiger partial charge < -0.3 is 4.90 Å². The number of hydrogen-bond donors (Lipinski definition) is 1. The number of aromatic nitrogens is 3. The number of amides is 3. The maximum absolute atomic E-state index is 13.0. The van der Waals surface area contributed by atoms with Crippen LogP contribution in [0, 0.1) is 0 Å². The molecule has 2 aromatic carbocycles. The van der Waals surface area contributed by atoms with Crippen LogP contribution in [0.15, 0.2) is 67.0 Å². The van der Waals surface area contributed by atoms with Crippen LogP contribution < -0.4 is 5.32 Å². The molecular weight excluding hydrogens is 480 g/mol. The standard InChI is InChI=1S/C29H26N6O3/c1-34(17-21-14-31-23-4-2-3-5-24(23)32-21)15-18-10-11-30-25(12-18)19-6-7-22-20(13-19)16-35(29(22)38)26-8-9-27(36)33-28(26)37/h2-7,10-14,26H,8-9,15-17H2,1H3,(H,33,36,37). The summed E-state index contributed by atoms with van der Waals surface area (Å²) in [7, 11) is 2.04. The zero-order chi connectivity index (χ0) is 26.2. The maximum Gasteiger partial charge on any atom is 0.255 e. The first kappa shape index (κ1) is 23.9. The van der Waals surface area contributed by atoms with Crippen LogP contribution in [-0.4, -0.2) is 55.6 Å². The highest BCUT2D eigenvalue weighted by Gasteiger charge is 2.39. The number of imide groups is 1. The van der Waals surface area contributed by atoms with E-state index in [1.807, 2.05) is 55.7 Å². The van der Waals surface area contributed by atoms with Crippen molar-refractivity contribution in [3.8, 4) is 11.3 Å². The summed E-state index contributed by atoms with van der Waals surface area (Å²) >= 11 is 0. The van der Waals surface area contributed by atoms with Gasteiger partial charge in [-0.25, -0.2) is 4.98 Å². The van der Waals surface area contributed by atoms with Crippen LogP contribution in [0.3, 0.4) is 0 Å². The molecule has 1 N–H and O–H groups in total. The molecule has 2 aliphatic rings. The van der Waals surface area contributed by atoms with Gasteiger partial charge in [-0.15, -0.1) is 0 Å². The van der Waals surface area contributed by atoms with Crippen LogP contribution in [0.1, 0.15) is 40.0 Å². The summed E-state index contributed by atoms with van der Waals surface area (Å²) in [5, 5.41) is 2.34. The van der Waals surface area contributed by atoms with Gasteiger partial charge >= 0.3 is 0 Å². The highest BCUT2D eigenvalue weighted by atomic mass is 16.2. The van der Waals surface area contributed by atoms with Gasteiger partial charge in [0.1, 0.15) is 6.04 Å². The molecule has 1 unspecified atom stereocenters. The predicted molar refractivity (Wildman–Crippen MR) is 140 cm³/mol. The van der Waals surface area contributed by atoms with E-state index in [1.165, 1.54) is 0 Å². The number of hydrogen-bond acceptors (Lipinski definition) is 7. The zero-order valence-electron chi connectivity index (χ0n) is 20.9. The van der Waals surface area contributed by atoms with E-state index < -0.39 is 11.9 Å². The predicted octanol–water partition coefficient (Wildman–Crippen LogP) is 3.08. The summed E-state index contributed by atoms with van der Waals surface area (Å²) in [6.07, 6.45) is 4.20. The fourth-order valence-electron chi connectivity index (χ4n) is 5.18. The molecule has 2 aliphatic heterocycles. The smallest absolute Gasteiger partial charge is 0.255 e. The van der Waals surface area contributed by atoms with E-state index in [0.717, 1.165) is 39.1 Å². The largest absolute Gasteiger partial charge is 0.322 e. The topological polar surface area (TPSA) is 108 Å². The molecule has 9 heteroatoms. The number of rotatable bonds is 6. The SMILES string of the molecule is CN(Cc1ccnc(-c2ccc3c(c2)CN(C2CCC(=O)NC2=O)C3=O)c1)Cc1cnc2ccccc2n1. The van der Waals surface area contributed by atoms with Crippen molar-refractivity contribution in [3.63, 3.8) is 0 Å². The third kappa shape index (κ3) is 4.64. The number of carbonyl (C=O) groups excluding carboxylic acids is 3. The fourth-order valence-corrected chi connectivity index (χ4v) is 5.18. The normalized spacial score (nSPS) is 17.3. The molecule has 2 aromatic heterocycles. The first-order valence-corrected chi connectivity index (χ1v) is 12.6. The molecule has 3 amide bonds. The van der Waals surface area contributed by atoms with Crippen molar-refractivity contribution in [2.45, 2.75) is 38.5 Å². The monoisotopic (exact) mass is 506 g/mol. The van der Waals surface area contributed by atoms with Crippen LogP contribution in [0.4, 0.5) is 0 Å². The highest BCUT2D eigenvalue weighted by molar-refractivity contribution is 6.05. The average Bonchev–Trinajstić information content (AvgIpc) is 3.24. The van der Waals surface area contributed by atoms with E-state index in [1.54, 1.807) is 17.2 Å². The van der Waals surface area contributed by atoms with Gasteiger partial charge in [0.15, 0.2) is 0 Å². The Morgan fingerprint density at radius 3 is 2.68 bits per heavy atom. The molecular formula is C29H26N6O3. The van der Waals surface area contributed by atoms with Crippen molar-refractivity contribution >= 4 is 28.8 Å². The van der Waals surface area contributed by atoms with Crippen molar-refractivity contribution in [2.75, 3.05) is 7.05 Å². The van der Waals surface area contributed by atoms with Gasteiger partial charge in [-0.2, -0.15) is 0 Å². The van der Waals surface area contributed by atoms with Crippen LogP contribution >= 0.6 is 0 Å². The van der Waals surface area contributed by atoms with E-state index in [2.05, 4.69) is 26.3 Å². The van der Waals surface area contributed by atoms with E-state index in [4.69, 9.17) is 4.98 Å². The van der Waals surface area contributed by atoms with Gasteiger partial charge in [-0.3, -0.25) is 34.6 Å². The Hall–Kier alpha value is -4.50. The second-order valence-corrected chi connectivity index (χ2v) is 9.84. The van der Waals surface area contributed by atoms with Gasteiger partial charge in [0.25, 0.3) is 5.91 Å². The third-order valence-electron chi connectivity index (χ3n) is 7.03. The number of nitrogens with one attached hydrogen (secondary N) is 1. The Morgan fingerprint density at radius 1 is 1.00 bits per heavy atom. The average molecular weight is 507 g/mol. The molecule has 190 valence electrons. The fraction of sp³-hybridized carbons (Fsp3) is 0.241. The van der Waals surface area contributed by atoms with Gasteiger partial charge in [0, 0.05) is 43.4 Å². The Bertz CT molecular complexity index is 1590. The second kappa shape index (κ2) is 9.75. The Kier molecular flexibility index (Phi) is 6.13. The van der Waals surface area contributed by atoms with Crippen molar-refractivity contribution in [1.29, 1.82) is 0 Å². The van der Waals surface area contributed by atoms with Crippen molar-refractivity contribution < 1.29 is 14.4 Å². The lowest BCUT2D eigenvalue weighted by Gasteiger charge is -2.29. The molecule has 0 saturated carbocycles. The Morgan fingerprint density at radius 2 is 1.84 bits per heavy atom. The van der Waals surface area contributed by atoms with Gasteiger partial charge in [-0.1, -0.05) is 18.2 Å². The summed E-state index contributed by atoms with van der Waals surface area (Å²) in [5.41, 5.74) is 6.95. The number of benzene rings is 2. The van der Waals surface area contributed by atoms with Crippen LogP contribution in [0.2, 0.25) is 0 Å². The molecule has 9 nitrogen and oxygen atoms in total. The molecule has 1 atom stereocenters. The van der Waals surface area contributed by atoms with E-state index in [-0.39, 0.29) is 18.2 Å². The molecule has 6 rings (SSSR count). The van der Waals surface area contributed by atoms with Gasteiger partial charge in [-0.05, 0) is 61.0 Å². The van der Waals surface area contributed by atoms with E-state index in [9.17, 15) is 14.4 Å². The minimum atomic E-state index is -0.625. The molecule has 0 spiro atoms. The molecule has 38 heavy (non-hydrogen) atoms. The minimum absolute atomic E-state index is 0.179. The molecule has 4 aromatic rings. The molecule has 0 radical (unpaired) electrons. The third-order valence-corrected chi connectivity index (χ3v) is 7.03. The lowest BCUT2D eigenvalue weighted by Crippen LogP contribution is -2.52. The van der Waals surface area contributed by atoms with Crippen LogP contribution in [0.25, 0.3) is 22.3 Å². The van der Waals surface area contributed by atoms with E-state index in [0.29, 0.717) is 31.6 Å². The number of para-hydroxylation sites is 2. The number of piperidine rings is 1. The lowest BCUT2D eigenvalue weighted by atomic mass is 10.0. The van der Waals surface area contributed by atoms with Crippen molar-refractivity contribution in [1.82, 2.24) is 30.1 Å². The number of carbonyl (C=O) groups is 3. The minimum Gasteiger partial charge on any atom is -0.322 e. The quantitative estimate of drug-likeness (QED) is 0.401. The molecule has 1 saturated heterocycles. The molecule has 1 fully saturated rings. The summed E-state index contributed by atoms with van der Waals surface area (Å²) in [6.45, 7) is 1.70. The first-order chi connectivity index (χ1) is 18.4. The number of nitrogens with zero attached hydrogens (tertiary/aromatic N) is 5. The summed E-state index contributed by atoms with van der Waals surface area (Å²) < 4.78 is 0. The van der Waals surface area contributed by atoms with Crippen molar-refractivity contribution in [3.05, 3.63) is 89.4 Å². The summed E-state index contributed by atoms with van der Waals surface area (Å²) in [5.74, 6) is -0.878.